The van der Waals surface area contributed by atoms with E-state index in [0.717, 1.165) is 35.8 Å². The number of nitrogens with one attached hydrogen (secondary N) is 1. The first-order valence-electron chi connectivity index (χ1n) is 7.97. The lowest BCUT2D eigenvalue weighted by molar-refractivity contribution is 0.469. The summed E-state index contributed by atoms with van der Waals surface area (Å²) in [5.41, 5.74) is 2.56. The molecule has 0 aliphatic carbocycles. The van der Waals surface area contributed by atoms with E-state index in [1.54, 1.807) is 18.3 Å². The summed E-state index contributed by atoms with van der Waals surface area (Å²) >= 11 is 0. The number of aromatic nitrogens is 4. The average Bonchev–Trinajstić information content (AvgIpc) is 3.23. The van der Waals surface area contributed by atoms with E-state index < -0.39 is 0 Å². The number of benzene rings is 1. The van der Waals surface area contributed by atoms with E-state index in [9.17, 15) is 0 Å². The van der Waals surface area contributed by atoms with Gasteiger partial charge in [-0.25, -0.2) is 9.83 Å². The largest absolute Gasteiger partial charge is 0.454 e. The number of hydrogen-bond acceptors (Lipinski definition) is 3. The molecule has 1 aromatic carbocycles. The number of ether oxygens (including phenoxy) is 1. The summed E-state index contributed by atoms with van der Waals surface area (Å²) < 4.78 is 8.05. The van der Waals surface area contributed by atoms with E-state index in [1.807, 2.05) is 23.0 Å². The van der Waals surface area contributed by atoms with Gasteiger partial charge >= 0.3 is 0 Å². The molecule has 0 spiro atoms. The first-order valence-corrected chi connectivity index (χ1v) is 7.97. The number of imidazole rings is 1. The molecule has 3 aromatic rings. The summed E-state index contributed by atoms with van der Waals surface area (Å²) in [6.07, 6.45) is 5.14. The van der Waals surface area contributed by atoms with E-state index in [4.69, 9.17) is 11.3 Å². The van der Waals surface area contributed by atoms with Crippen molar-refractivity contribution in [3.63, 3.8) is 0 Å². The first-order chi connectivity index (χ1) is 11.7. The minimum absolute atomic E-state index is 0.587. The van der Waals surface area contributed by atoms with Crippen molar-refractivity contribution in [3.05, 3.63) is 65.3 Å². The Morgan fingerprint density at radius 1 is 1.21 bits per heavy atom. The van der Waals surface area contributed by atoms with E-state index in [1.165, 1.54) is 0 Å². The highest BCUT2D eigenvalue weighted by molar-refractivity contribution is 5.48. The van der Waals surface area contributed by atoms with Crippen molar-refractivity contribution in [2.45, 2.75) is 33.2 Å². The Hall–Kier alpha value is -3.07. The third-order valence-corrected chi connectivity index (χ3v) is 3.79. The van der Waals surface area contributed by atoms with Crippen LogP contribution in [0.1, 0.15) is 31.1 Å². The van der Waals surface area contributed by atoms with Crippen molar-refractivity contribution in [3.8, 4) is 11.5 Å². The molecule has 2 aromatic heterocycles. The molecule has 0 unspecified atom stereocenters. The smallest absolute Gasteiger partial charge is 0.187 e. The van der Waals surface area contributed by atoms with Gasteiger partial charge in [-0.05, 0) is 25.0 Å². The topological polar surface area (TPSA) is 60.1 Å². The number of aromatic amines is 1. The molecule has 0 amide bonds. The summed E-state index contributed by atoms with van der Waals surface area (Å²) in [4.78, 5) is 10.8. The molecule has 6 nitrogen and oxygen atoms in total. The molecule has 24 heavy (non-hydrogen) atoms. The molecule has 0 aliphatic heterocycles. The monoisotopic (exact) mass is 321 g/mol. The van der Waals surface area contributed by atoms with Crippen molar-refractivity contribution in [1.29, 1.82) is 0 Å². The maximum atomic E-state index is 7.02. The molecule has 1 N–H and O–H groups in total. The van der Waals surface area contributed by atoms with Crippen LogP contribution in [0.2, 0.25) is 0 Å². The van der Waals surface area contributed by atoms with Crippen LogP contribution in [0.5, 0.6) is 11.5 Å². The fraction of sp³-hybridized carbons (Fsp3) is 0.278. The van der Waals surface area contributed by atoms with Crippen LogP contribution in [0.4, 0.5) is 5.69 Å². The van der Waals surface area contributed by atoms with Gasteiger partial charge in [-0.15, -0.1) is 0 Å². The zero-order valence-electron chi connectivity index (χ0n) is 13.8. The van der Waals surface area contributed by atoms with Crippen molar-refractivity contribution in [2.24, 2.45) is 0 Å². The molecule has 0 radical (unpaired) electrons. The van der Waals surface area contributed by atoms with Crippen molar-refractivity contribution in [2.75, 3.05) is 0 Å². The van der Waals surface area contributed by atoms with Gasteiger partial charge in [0.2, 0.25) is 0 Å². The highest BCUT2D eigenvalue weighted by Gasteiger charge is 2.18. The van der Waals surface area contributed by atoms with Gasteiger partial charge in [-0.2, -0.15) is 5.10 Å². The Morgan fingerprint density at radius 2 is 2.00 bits per heavy atom. The van der Waals surface area contributed by atoms with Crippen LogP contribution in [-0.4, -0.2) is 19.7 Å². The van der Waals surface area contributed by atoms with E-state index >= 15 is 0 Å². The molecule has 0 fully saturated rings. The van der Waals surface area contributed by atoms with Crippen molar-refractivity contribution >= 4 is 5.69 Å². The van der Waals surface area contributed by atoms with E-state index in [2.05, 4.69) is 33.8 Å². The third-order valence-electron chi connectivity index (χ3n) is 3.79. The van der Waals surface area contributed by atoms with Gasteiger partial charge in [-0.1, -0.05) is 26.0 Å². The summed E-state index contributed by atoms with van der Waals surface area (Å²) in [5, 5.41) is 4.69. The zero-order chi connectivity index (χ0) is 16.9. The number of aryl methyl sites for hydroxylation is 1. The second-order valence-electron chi connectivity index (χ2n) is 5.33. The summed E-state index contributed by atoms with van der Waals surface area (Å²) in [7, 11) is 0. The molecule has 2 heterocycles. The Labute approximate surface area is 140 Å². The number of hydrogen-bond donors (Lipinski definition) is 1. The minimum atomic E-state index is 0.587. The van der Waals surface area contributed by atoms with Gasteiger partial charge in [0, 0.05) is 12.4 Å². The van der Waals surface area contributed by atoms with Crippen molar-refractivity contribution in [1.82, 2.24) is 19.7 Å². The number of nitrogens with zero attached hydrogens (tertiary/aromatic N) is 4. The van der Waals surface area contributed by atoms with Crippen LogP contribution in [-0.2, 0) is 19.4 Å². The molecule has 3 rings (SSSR count). The van der Waals surface area contributed by atoms with Gasteiger partial charge in [0.05, 0.1) is 18.8 Å². The lowest BCUT2D eigenvalue weighted by Gasteiger charge is -2.09. The van der Waals surface area contributed by atoms with Gasteiger partial charge in [-0.3, -0.25) is 4.68 Å². The standard InChI is InChI=1S/C18H19N5O/c1-4-15-18(24-14-8-6-13(19-3)7-9-14)16(5-2)23(22-15)12-17-20-10-11-21-17/h6-11H,4-5,12H2,1-2H3,(H,20,21). The van der Waals surface area contributed by atoms with Gasteiger partial charge in [0.25, 0.3) is 0 Å². The molecule has 6 heteroatoms. The quantitative estimate of drug-likeness (QED) is 0.695. The highest BCUT2D eigenvalue weighted by atomic mass is 16.5. The predicted octanol–water partition coefficient (Wildman–Crippen LogP) is 4.12. The van der Waals surface area contributed by atoms with Gasteiger partial charge in [0.1, 0.15) is 17.3 Å². The maximum absolute atomic E-state index is 7.02. The van der Waals surface area contributed by atoms with E-state index in [0.29, 0.717) is 18.0 Å². The van der Waals surface area contributed by atoms with Crippen LogP contribution in [0, 0.1) is 6.57 Å². The first kappa shape index (κ1) is 15.8. The highest BCUT2D eigenvalue weighted by Crippen LogP contribution is 2.31. The second-order valence-corrected chi connectivity index (χ2v) is 5.33. The zero-order valence-corrected chi connectivity index (χ0v) is 13.8. The number of rotatable bonds is 6. The van der Waals surface area contributed by atoms with E-state index in [-0.39, 0.29) is 0 Å². The molecule has 0 saturated carbocycles. The molecular formula is C18H19N5O. The Balaban J connectivity index is 1.93. The molecule has 0 atom stereocenters. The van der Waals surface area contributed by atoms with Crippen LogP contribution in [0.15, 0.2) is 36.7 Å². The Kier molecular flexibility index (Phi) is 4.62. The lowest BCUT2D eigenvalue weighted by atomic mass is 10.2. The average molecular weight is 321 g/mol. The minimum Gasteiger partial charge on any atom is -0.454 e. The normalized spacial score (nSPS) is 10.5. The molecule has 0 saturated heterocycles. The molecule has 0 bridgehead atoms. The number of H-pyrrole nitrogens is 1. The van der Waals surface area contributed by atoms with Crippen LogP contribution >= 0.6 is 0 Å². The van der Waals surface area contributed by atoms with Gasteiger partial charge in [0.15, 0.2) is 11.4 Å². The molecule has 122 valence electrons. The van der Waals surface area contributed by atoms with Crippen LogP contribution < -0.4 is 4.74 Å². The fourth-order valence-corrected chi connectivity index (χ4v) is 2.59. The summed E-state index contributed by atoms with van der Waals surface area (Å²) in [5.74, 6) is 2.38. The van der Waals surface area contributed by atoms with Crippen LogP contribution in [0.3, 0.4) is 0 Å². The molecule has 0 aliphatic rings. The fourth-order valence-electron chi connectivity index (χ4n) is 2.59. The Bertz CT molecular complexity index is 841. The lowest BCUT2D eigenvalue weighted by Crippen LogP contribution is -2.07. The van der Waals surface area contributed by atoms with Crippen LogP contribution in [0.25, 0.3) is 4.85 Å². The summed E-state index contributed by atoms with van der Waals surface area (Å²) in [6, 6.07) is 7.14. The maximum Gasteiger partial charge on any atom is 0.187 e. The van der Waals surface area contributed by atoms with Gasteiger partial charge < -0.3 is 9.72 Å². The van der Waals surface area contributed by atoms with Crippen molar-refractivity contribution < 1.29 is 4.74 Å². The third kappa shape index (κ3) is 3.15. The predicted molar refractivity (Wildman–Crippen MR) is 91.5 cm³/mol. The second kappa shape index (κ2) is 7.01. The summed E-state index contributed by atoms with van der Waals surface area (Å²) in [6.45, 7) is 11.8. The Morgan fingerprint density at radius 3 is 2.58 bits per heavy atom. The SMILES string of the molecule is [C-]#[N+]c1ccc(Oc2c(CC)nn(Cc3ncc[nH]3)c2CC)cc1. The molecular weight excluding hydrogens is 302 g/mol.